The van der Waals surface area contributed by atoms with Crippen molar-refractivity contribution < 1.29 is 8.42 Å². The predicted octanol–water partition coefficient (Wildman–Crippen LogP) is 0.645. The van der Waals surface area contributed by atoms with Crippen LogP contribution in [0.1, 0.15) is 5.56 Å². The molecule has 4 N–H and O–H groups in total. The molecule has 1 aromatic rings. The molecule has 14 heavy (non-hydrogen) atoms. The smallest absolute Gasteiger partial charge is 0.238 e. The summed E-state index contributed by atoms with van der Waals surface area (Å²) in [6.45, 7) is 3.53. The molecule has 1 aromatic carbocycles. The zero-order valence-electron chi connectivity index (χ0n) is 7.60. The number of primary sulfonamides is 1. The monoisotopic (exact) mass is 212 g/mol. The standard InChI is InChI=1S/C9H12N2O2S/c1-2-3-7-6-8(10)4-5-9(7)14(11,12)13/h2,4-6H,1,3,10H2,(H2,11,12,13). The molecule has 0 heterocycles. The first-order valence-corrected chi connectivity index (χ1v) is 5.52. The zero-order chi connectivity index (χ0) is 10.8. The van der Waals surface area contributed by atoms with Gasteiger partial charge in [0.25, 0.3) is 0 Å². The van der Waals surface area contributed by atoms with Gasteiger partial charge >= 0.3 is 0 Å². The van der Waals surface area contributed by atoms with E-state index in [1.807, 2.05) is 0 Å². The molecular formula is C9H12N2O2S. The summed E-state index contributed by atoms with van der Waals surface area (Å²) >= 11 is 0. The van der Waals surface area contributed by atoms with Crippen LogP contribution in [-0.4, -0.2) is 8.42 Å². The lowest BCUT2D eigenvalue weighted by Gasteiger charge is -2.06. The van der Waals surface area contributed by atoms with Crippen molar-refractivity contribution in [2.75, 3.05) is 5.73 Å². The molecule has 1 rings (SSSR count). The third kappa shape index (κ3) is 2.34. The lowest BCUT2D eigenvalue weighted by Crippen LogP contribution is -2.14. The second-order valence-electron chi connectivity index (χ2n) is 2.90. The predicted molar refractivity (Wildman–Crippen MR) is 56.1 cm³/mol. The van der Waals surface area contributed by atoms with Crippen LogP contribution in [0.2, 0.25) is 0 Å². The number of nitrogens with two attached hydrogens (primary N) is 2. The lowest BCUT2D eigenvalue weighted by molar-refractivity contribution is 0.597. The Labute approximate surface area is 83.3 Å². The Morgan fingerprint density at radius 2 is 2.07 bits per heavy atom. The van der Waals surface area contributed by atoms with E-state index in [0.29, 0.717) is 17.7 Å². The molecule has 0 spiro atoms. The van der Waals surface area contributed by atoms with Crippen molar-refractivity contribution in [3.63, 3.8) is 0 Å². The van der Waals surface area contributed by atoms with Crippen LogP contribution in [-0.2, 0) is 16.4 Å². The highest BCUT2D eigenvalue weighted by Crippen LogP contribution is 2.18. The highest BCUT2D eigenvalue weighted by atomic mass is 32.2. The van der Waals surface area contributed by atoms with Gasteiger partial charge in [-0.2, -0.15) is 0 Å². The van der Waals surface area contributed by atoms with E-state index in [9.17, 15) is 8.42 Å². The van der Waals surface area contributed by atoms with Crippen molar-refractivity contribution in [2.24, 2.45) is 5.14 Å². The van der Waals surface area contributed by atoms with Gasteiger partial charge in [0, 0.05) is 5.69 Å². The lowest BCUT2D eigenvalue weighted by atomic mass is 10.1. The maximum absolute atomic E-state index is 11.1. The van der Waals surface area contributed by atoms with E-state index in [2.05, 4.69) is 6.58 Å². The van der Waals surface area contributed by atoms with Crippen molar-refractivity contribution in [3.8, 4) is 0 Å². The second-order valence-corrected chi connectivity index (χ2v) is 4.43. The van der Waals surface area contributed by atoms with Crippen LogP contribution in [0.5, 0.6) is 0 Å². The normalized spacial score (nSPS) is 11.2. The average molecular weight is 212 g/mol. The van der Waals surface area contributed by atoms with Crippen LogP contribution >= 0.6 is 0 Å². The molecule has 0 amide bonds. The van der Waals surface area contributed by atoms with E-state index in [-0.39, 0.29) is 4.90 Å². The van der Waals surface area contributed by atoms with Gasteiger partial charge in [-0.25, -0.2) is 13.6 Å². The van der Waals surface area contributed by atoms with Gasteiger partial charge < -0.3 is 5.73 Å². The maximum Gasteiger partial charge on any atom is 0.238 e. The van der Waals surface area contributed by atoms with Crippen LogP contribution in [0.15, 0.2) is 35.7 Å². The van der Waals surface area contributed by atoms with Gasteiger partial charge in [0.15, 0.2) is 0 Å². The van der Waals surface area contributed by atoms with Crippen molar-refractivity contribution in [2.45, 2.75) is 11.3 Å². The minimum atomic E-state index is -3.68. The van der Waals surface area contributed by atoms with Crippen LogP contribution in [0.4, 0.5) is 5.69 Å². The molecule has 0 unspecified atom stereocenters. The van der Waals surface area contributed by atoms with Gasteiger partial charge in [-0.05, 0) is 30.2 Å². The molecule has 0 saturated heterocycles. The van der Waals surface area contributed by atoms with Gasteiger partial charge in [0.05, 0.1) is 4.90 Å². The van der Waals surface area contributed by atoms with E-state index < -0.39 is 10.0 Å². The summed E-state index contributed by atoms with van der Waals surface area (Å²) in [6.07, 6.45) is 2.03. The molecule has 0 aliphatic rings. The molecule has 0 bridgehead atoms. The van der Waals surface area contributed by atoms with E-state index in [0.717, 1.165) is 0 Å². The van der Waals surface area contributed by atoms with Gasteiger partial charge in [-0.1, -0.05) is 6.08 Å². The Hall–Kier alpha value is -1.33. The van der Waals surface area contributed by atoms with Crippen LogP contribution in [0, 0.1) is 0 Å². The van der Waals surface area contributed by atoms with E-state index in [4.69, 9.17) is 10.9 Å². The first kappa shape index (κ1) is 10.7. The number of anilines is 1. The molecular weight excluding hydrogens is 200 g/mol. The number of allylic oxidation sites excluding steroid dienone is 1. The molecule has 0 saturated carbocycles. The molecule has 0 atom stereocenters. The average Bonchev–Trinajstić information content (AvgIpc) is 2.02. The molecule has 0 aliphatic carbocycles. The molecule has 5 heteroatoms. The van der Waals surface area contributed by atoms with Crippen LogP contribution in [0.25, 0.3) is 0 Å². The van der Waals surface area contributed by atoms with Gasteiger partial charge in [-0.3, -0.25) is 0 Å². The minimum Gasteiger partial charge on any atom is -0.399 e. The highest BCUT2D eigenvalue weighted by molar-refractivity contribution is 7.89. The summed E-state index contributed by atoms with van der Waals surface area (Å²) in [5.74, 6) is 0. The molecule has 4 nitrogen and oxygen atoms in total. The largest absolute Gasteiger partial charge is 0.399 e. The number of hydrogen-bond acceptors (Lipinski definition) is 3. The maximum atomic E-state index is 11.1. The van der Waals surface area contributed by atoms with E-state index in [1.54, 1.807) is 12.1 Å². The number of rotatable bonds is 3. The molecule has 76 valence electrons. The summed E-state index contributed by atoms with van der Waals surface area (Å²) < 4.78 is 22.3. The Bertz CT molecular complexity index is 452. The first-order valence-electron chi connectivity index (χ1n) is 3.97. The SMILES string of the molecule is C=CCc1cc(N)ccc1S(N)(=O)=O. The van der Waals surface area contributed by atoms with E-state index >= 15 is 0 Å². The van der Waals surface area contributed by atoms with Crippen molar-refractivity contribution in [3.05, 3.63) is 36.4 Å². The second kappa shape index (κ2) is 3.81. The fourth-order valence-electron chi connectivity index (χ4n) is 1.19. The summed E-state index contributed by atoms with van der Waals surface area (Å²) in [4.78, 5) is 0.103. The number of benzene rings is 1. The topological polar surface area (TPSA) is 86.2 Å². The number of sulfonamides is 1. The fraction of sp³-hybridized carbons (Fsp3) is 0.111. The van der Waals surface area contributed by atoms with Gasteiger partial charge in [0.2, 0.25) is 10.0 Å². The van der Waals surface area contributed by atoms with Crippen LogP contribution < -0.4 is 10.9 Å². The third-order valence-corrected chi connectivity index (χ3v) is 2.77. The van der Waals surface area contributed by atoms with Gasteiger partial charge in [0.1, 0.15) is 0 Å². The molecule has 0 radical (unpaired) electrons. The van der Waals surface area contributed by atoms with Crippen molar-refractivity contribution in [1.29, 1.82) is 0 Å². The Kier molecular flexibility index (Phi) is 2.93. The fourth-order valence-corrected chi connectivity index (χ4v) is 1.96. The van der Waals surface area contributed by atoms with Crippen molar-refractivity contribution in [1.82, 2.24) is 0 Å². The summed E-state index contributed by atoms with van der Waals surface area (Å²) in [6, 6.07) is 4.50. The highest BCUT2D eigenvalue weighted by Gasteiger charge is 2.12. The Morgan fingerprint density at radius 1 is 1.43 bits per heavy atom. The Balaban J connectivity index is 3.36. The summed E-state index contributed by atoms with van der Waals surface area (Å²) in [7, 11) is -3.68. The molecule has 0 fully saturated rings. The molecule has 0 aromatic heterocycles. The third-order valence-electron chi connectivity index (χ3n) is 1.76. The zero-order valence-corrected chi connectivity index (χ0v) is 8.42. The first-order chi connectivity index (χ1) is 6.45. The number of nitrogen functional groups attached to an aromatic ring is 1. The molecule has 0 aliphatic heterocycles. The van der Waals surface area contributed by atoms with Crippen molar-refractivity contribution >= 4 is 15.7 Å². The quantitative estimate of drug-likeness (QED) is 0.569. The summed E-state index contributed by atoms with van der Waals surface area (Å²) in [5, 5.41) is 5.04. The van der Waals surface area contributed by atoms with Crippen LogP contribution in [0.3, 0.4) is 0 Å². The summed E-state index contributed by atoms with van der Waals surface area (Å²) in [5.41, 5.74) is 6.61. The van der Waals surface area contributed by atoms with E-state index in [1.165, 1.54) is 12.1 Å². The Morgan fingerprint density at radius 3 is 2.57 bits per heavy atom. The van der Waals surface area contributed by atoms with Gasteiger partial charge in [-0.15, -0.1) is 6.58 Å². The number of hydrogen-bond donors (Lipinski definition) is 2. The minimum absolute atomic E-state index is 0.103.